The van der Waals surface area contributed by atoms with E-state index in [4.69, 9.17) is 23.2 Å². The molecule has 0 bridgehead atoms. The molecule has 1 aromatic heterocycles. The molecule has 0 aliphatic carbocycles. The van der Waals surface area contributed by atoms with Gasteiger partial charge in [0.25, 0.3) is 0 Å². The van der Waals surface area contributed by atoms with E-state index < -0.39 is 12.5 Å². The van der Waals surface area contributed by atoms with Gasteiger partial charge in [0.2, 0.25) is 5.91 Å². The van der Waals surface area contributed by atoms with Crippen LogP contribution in [0.5, 0.6) is 0 Å². The molecule has 0 saturated heterocycles. The maximum Gasteiger partial charge on any atom is 0.320 e. The normalized spacial score (nSPS) is 16.2. The Balaban J connectivity index is 1.90. The lowest BCUT2D eigenvalue weighted by Gasteiger charge is -2.31. The number of likely N-dealkylation sites (N-methyl/N-ethyl adjacent to an activating group) is 1. The van der Waals surface area contributed by atoms with E-state index in [-0.39, 0.29) is 29.4 Å². The predicted molar refractivity (Wildman–Crippen MR) is 127 cm³/mol. The molecule has 1 aliphatic rings. The smallest absolute Gasteiger partial charge is 0.320 e. The molecule has 2 heterocycles. The van der Waals surface area contributed by atoms with E-state index in [2.05, 4.69) is 0 Å². The van der Waals surface area contributed by atoms with Crippen LogP contribution in [-0.2, 0) is 11.2 Å². The SMILES string of the molecule is CN(C)/C=C/C(=O)c1ccc2c(c1)c1c(n2C(F)F)N(C)C(=O)C(c2ccc(Cl)cc2Cl)C1. The second-order valence-electron chi connectivity index (χ2n) is 8.15. The van der Waals surface area contributed by atoms with E-state index in [1.807, 2.05) is 0 Å². The third kappa shape index (κ3) is 4.11. The van der Waals surface area contributed by atoms with E-state index in [9.17, 15) is 18.4 Å². The minimum atomic E-state index is -2.86. The number of rotatable bonds is 5. The molecular weight excluding hydrogens is 471 g/mol. The molecule has 2 aromatic carbocycles. The first-order chi connectivity index (χ1) is 15.6. The number of benzene rings is 2. The fourth-order valence-corrected chi connectivity index (χ4v) is 4.79. The molecule has 1 atom stereocenters. The average Bonchev–Trinajstić information content (AvgIpc) is 3.09. The summed E-state index contributed by atoms with van der Waals surface area (Å²) in [5, 5.41) is 1.27. The number of hydrogen-bond acceptors (Lipinski definition) is 3. The maximum absolute atomic E-state index is 14.1. The highest BCUT2D eigenvalue weighted by atomic mass is 35.5. The molecule has 172 valence electrons. The Morgan fingerprint density at radius 3 is 2.55 bits per heavy atom. The number of allylic oxidation sites excluding steroid dienone is 1. The van der Waals surface area contributed by atoms with Gasteiger partial charge in [-0.1, -0.05) is 29.3 Å². The summed E-state index contributed by atoms with van der Waals surface area (Å²) in [7, 11) is 5.06. The van der Waals surface area contributed by atoms with Crippen molar-refractivity contribution >= 4 is 51.6 Å². The highest BCUT2D eigenvalue weighted by Crippen LogP contribution is 2.44. The number of alkyl halides is 2. The summed E-state index contributed by atoms with van der Waals surface area (Å²) in [4.78, 5) is 28.8. The van der Waals surface area contributed by atoms with Crippen LogP contribution in [0.2, 0.25) is 10.0 Å². The lowest BCUT2D eigenvalue weighted by Crippen LogP contribution is -2.38. The van der Waals surface area contributed by atoms with Crippen LogP contribution in [0.1, 0.15) is 34.0 Å². The van der Waals surface area contributed by atoms with Gasteiger partial charge >= 0.3 is 6.55 Å². The van der Waals surface area contributed by atoms with Gasteiger partial charge in [0.05, 0.1) is 11.4 Å². The number of nitrogens with zero attached hydrogens (tertiary/aromatic N) is 3. The monoisotopic (exact) mass is 491 g/mol. The third-order valence-corrected chi connectivity index (χ3v) is 6.34. The molecular formula is C24H21Cl2F2N3O2. The second kappa shape index (κ2) is 8.80. The minimum Gasteiger partial charge on any atom is -0.383 e. The Morgan fingerprint density at radius 2 is 1.91 bits per heavy atom. The van der Waals surface area contributed by atoms with Crippen molar-refractivity contribution in [3.05, 3.63) is 75.4 Å². The van der Waals surface area contributed by atoms with Gasteiger partial charge in [0.1, 0.15) is 5.82 Å². The van der Waals surface area contributed by atoms with Crippen molar-refractivity contribution in [3.63, 3.8) is 0 Å². The number of aromatic nitrogens is 1. The van der Waals surface area contributed by atoms with Crippen molar-refractivity contribution in [1.29, 1.82) is 0 Å². The number of carbonyl (C=O) groups is 2. The van der Waals surface area contributed by atoms with Gasteiger partial charge in [0, 0.05) is 60.0 Å². The molecule has 0 saturated carbocycles. The summed E-state index contributed by atoms with van der Waals surface area (Å²) in [5.41, 5.74) is 1.76. The fraction of sp³-hybridized carbons (Fsp3) is 0.250. The summed E-state index contributed by atoms with van der Waals surface area (Å²) in [5.74, 6) is -1.14. The summed E-state index contributed by atoms with van der Waals surface area (Å²) < 4.78 is 29.1. The van der Waals surface area contributed by atoms with E-state index in [1.165, 1.54) is 30.2 Å². The van der Waals surface area contributed by atoms with E-state index in [0.29, 0.717) is 32.1 Å². The number of carbonyl (C=O) groups excluding carboxylic acids is 2. The summed E-state index contributed by atoms with van der Waals surface area (Å²) in [6.07, 6.45) is 3.21. The van der Waals surface area contributed by atoms with Crippen molar-refractivity contribution in [2.24, 2.45) is 0 Å². The zero-order chi connectivity index (χ0) is 24.0. The second-order valence-corrected chi connectivity index (χ2v) is 8.99. The van der Waals surface area contributed by atoms with Gasteiger partial charge in [0.15, 0.2) is 5.78 Å². The molecule has 4 rings (SSSR count). The summed E-state index contributed by atoms with van der Waals surface area (Å²) >= 11 is 12.4. The van der Waals surface area contributed by atoms with Crippen LogP contribution in [0.25, 0.3) is 10.9 Å². The average molecular weight is 492 g/mol. The minimum absolute atomic E-state index is 0.125. The van der Waals surface area contributed by atoms with Crippen LogP contribution in [0.15, 0.2) is 48.7 Å². The zero-order valence-electron chi connectivity index (χ0n) is 18.2. The molecule has 1 amide bonds. The van der Waals surface area contributed by atoms with Crippen LogP contribution in [-0.4, -0.2) is 42.3 Å². The number of ketones is 1. The van der Waals surface area contributed by atoms with Crippen LogP contribution in [0, 0.1) is 0 Å². The van der Waals surface area contributed by atoms with Gasteiger partial charge in [-0.25, -0.2) is 0 Å². The lowest BCUT2D eigenvalue weighted by atomic mass is 9.87. The highest BCUT2D eigenvalue weighted by molar-refractivity contribution is 6.35. The largest absolute Gasteiger partial charge is 0.383 e. The highest BCUT2D eigenvalue weighted by Gasteiger charge is 2.38. The Labute approximate surface area is 199 Å². The molecule has 33 heavy (non-hydrogen) atoms. The third-order valence-electron chi connectivity index (χ3n) is 5.78. The Bertz CT molecular complexity index is 1300. The first-order valence-electron chi connectivity index (χ1n) is 10.2. The number of amides is 1. The number of anilines is 1. The molecule has 1 aliphatic heterocycles. The topological polar surface area (TPSA) is 45.6 Å². The molecule has 3 aromatic rings. The van der Waals surface area contributed by atoms with Crippen molar-refractivity contribution in [2.75, 3.05) is 26.0 Å². The first kappa shape index (κ1) is 23.3. The molecule has 5 nitrogen and oxygen atoms in total. The van der Waals surface area contributed by atoms with Crippen LogP contribution >= 0.6 is 23.2 Å². The molecule has 0 N–H and O–H groups in total. The Hall–Kier alpha value is -2.90. The van der Waals surface area contributed by atoms with E-state index in [1.54, 1.807) is 49.5 Å². The van der Waals surface area contributed by atoms with Crippen molar-refractivity contribution in [2.45, 2.75) is 18.9 Å². The van der Waals surface area contributed by atoms with E-state index >= 15 is 0 Å². The van der Waals surface area contributed by atoms with Gasteiger partial charge in [-0.2, -0.15) is 8.78 Å². The zero-order valence-corrected chi connectivity index (χ0v) is 19.7. The van der Waals surface area contributed by atoms with Crippen LogP contribution in [0.4, 0.5) is 14.6 Å². The Morgan fingerprint density at radius 1 is 1.18 bits per heavy atom. The lowest BCUT2D eigenvalue weighted by molar-refractivity contribution is -0.120. The van der Waals surface area contributed by atoms with Gasteiger partial charge in [-0.15, -0.1) is 0 Å². The standard InChI is InChI=1S/C24H21Cl2F2N3O2/c1-29(2)9-8-21(32)13-4-7-20-16(10-13)17-12-18(15-6-5-14(25)11-19(15)26)23(33)30(3)22(17)31(20)24(27)28/h4-11,18,24H,12H2,1-3H3/b9-8+. The number of fused-ring (bicyclic) bond motifs is 3. The van der Waals surface area contributed by atoms with Crippen molar-refractivity contribution in [1.82, 2.24) is 9.47 Å². The van der Waals surface area contributed by atoms with Crippen molar-refractivity contribution < 1.29 is 18.4 Å². The molecule has 0 radical (unpaired) electrons. The molecule has 9 heteroatoms. The summed E-state index contributed by atoms with van der Waals surface area (Å²) in [6.45, 7) is -2.86. The maximum atomic E-state index is 14.1. The fourth-order valence-electron chi connectivity index (χ4n) is 4.25. The van der Waals surface area contributed by atoms with Gasteiger partial charge in [-0.3, -0.25) is 14.2 Å². The molecule has 0 spiro atoms. The predicted octanol–water partition coefficient (Wildman–Crippen LogP) is 5.90. The van der Waals surface area contributed by atoms with Crippen LogP contribution in [0.3, 0.4) is 0 Å². The molecule has 1 unspecified atom stereocenters. The van der Waals surface area contributed by atoms with E-state index in [0.717, 1.165) is 4.57 Å². The van der Waals surface area contributed by atoms with Crippen LogP contribution < -0.4 is 4.90 Å². The quantitative estimate of drug-likeness (QED) is 0.329. The van der Waals surface area contributed by atoms with Gasteiger partial charge < -0.3 is 9.80 Å². The van der Waals surface area contributed by atoms with Crippen molar-refractivity contribution in [3.8, 4) is 0 Å². The molecule has 0 fully saturated rings. The first-order valence-corrected chi connectivity index (χ1v) is 10.9. The Kier molecular flexibility index (Phi) is 6.20. The van der Waals surface area contributed by atoms with Gasteiger partial charge in [-0.05, 0) is 42.3 Å². The number of hydrogen-bond donors (Lipinski definition) is 0. The number of halogens is 4. The summed E-state index contributed by atoms with van der Waals surface area (Å²) in [6, 6.07) is 9.50.